The summed E-state index contributed by atoms with van der Waals surface area (Å²) in [6, 6.07) is 25.5. The lowest BCUT2D eigenvalue weighted by Crippen LogP contribution is -2.47. The fraction of sp³-hybridized carbons (Fsp3) is 0.250. The van der Waals surface area contributed by atoms with E-state index in [1.165, 1.54) is 11.1 Å². The summed E-state index contributed by atoms with van der Waals surface area (Å²) in [6.07, 6.45) is 0. The van der Waals surface area contributed by atoms with E-state index in [9.17, 15) is 10.0 Å². The number of benzene rings is 3. The Morgan fingerprint density at radius 3 is 2.20 bits per heavy atom. The number of amides is 2. The molecule has 1 fully saturated rings. The third-order valence-corrected chi connectivity index (χ3v) is 6.40. The van der Waals surface area contributed by atoms with Crippen LogP contribution in [0.4, 0.5) is 4.79 Å². The molecular weight excluding hydrogens is 460 g/mol. The molecule has 7 heteroatoms. The lowest BCUT2D eigenvalue weighted by Gasteiger charge is -2.39. The summed E-state index contributed by atoms with van der Waals surface area (Å²) in [5.41, 5.74) is 9.24. The van der Waals surface area contributed by atoms with Crippen molar-refractivity contribution in [1.82, 2.24) is 14.9 Å². The maximum absolute atomic E-state index is 10.9. The van der Waals surface area contributed by atoms with Crippen LogP contribution in [0.1, 0.15) is 28.3 Å². The highest BCUT2D eigenvalue weighted by Crippen LogP contribution is 2.30. The van der Waals surface area contributed by atoms with Gasteiger partial charge in [-0.3, -0.25) is 15.0 Å². The molecule has 3 aromatic rings. The zero-order valence-electron chi connectivity index (χ0n) is 19.5. The Hall–Kier alpha value is -3.34. The van der Waals surface area contributed by atoms with Crippen molar-refractivity contribution in [3.63, 3.8) is 0 Å². The van der Waals surface area contributed by atoms with Crippen LogP contribution in [0.15, 0.2) is 78.9 Å². The van der Waals surface area contributed by atoms with Crippen molar-refractivity contribution in [2.45, 2.75) is 12.6 Å². The molecule has 0 bridgehead atoms. The van der Waals surface area contributed by atoms with E-state index < -0.39 is 6.03 Å². The first kappa shape index (κ1) is 24.8. The molecule has 3 N–H and O–H groups in total. The Labute approximate surface area is 211 Å². The summed E-state index contributed by atoms with van der Waals surface area (Å²) in [5.74, 6) is 6.47. The molecule has 4 rings (SSSR count). The molecule has 6 nitrogen and oxygen atoms in total. The Kier molecular flexibility index (Phi) is 8.40. The van der Waals surface area contributed by atoms with Crippen molar-refractivity contribution in [1.29, 1.82) is 0 Å². The van der Waals surface area contributed by atoms with E-state index in [1.807, 2.05) is 36.4 Å². The number of hydrogen-bond donors (Lipinski definition) is 2. The number of nitrogens with zero attached hydrogens (tertiary/aromatic N) is 3. The van der Waals surface area contributed by atoms with Crippen LogP contribution in [-0.2, 0) is 6.54 Å². The number of primary amides is 1. The topological polar surface area (TPSA) is 73.0 Å². The molecule has 180 valence electrons. The quantitative estimate of drug-likeness (QED) is 0.307. The number of piperazine rings is 1. The zero-order chi connectivity index (χ0) is 24.6. The summed E-state index contributed by atoms with van der Waals surface area (Å²) in [5, 5.41) is 10.7. The van der Waals surface area contributed by atoms with Crippen molar-refractivity contribution in [2.75, 3.05) is 32.7 Å². The van der Waals surface area contributed by atoms with Crippen molar-refractivity contribution < 1.29 is 10.0 Å². The van der Waals surface area contributed by atoms with E-state index in [1.54, 1.807) is 0 Å². The maximum atomic E-state index is 10.9. The summed E-state index contributed by atoms with van der Waals surface area (Å²) >= 11 is 6.14. The molecule has 1 saturated heterocycles. The average molecular weight is 489 g/mol. The molecule has 1 aliphatic heterocycles. The van der Waals surface area contributed by atoms with Gasteiger partial charge in [0.2, 0.25) is 0 Å². The monoisotopic (exact) mass is 488 g/mol. The van der Waals surface area contributed by atoms with E-state index in [4.69, 9.17) is 17.3 Å². The Balaban J connectivity index is 1.34. The van der Waals surface area contributed by atoms with Crippen molar-refractivity contribution in [2.24, 2.45) is 5.73 Å². The molecule has 3 aromatic carbocycles. The van der Waals surface area contributed by atoms with Gasteiger partial charge in [0, 0.05) is 36.8 Å². The van der Waals surface area contributed by atoms with Gasteiger partial charge in [-0.1, -0.05) is 78.0 Å². The first-order chi connectivity index (χ1) is 17.0. The van der Waals surface area contributed by atoms with Crippen molar-refractivity contribution >= 4 is 17.6 Å². The fourth-order valence-electron chi connectivity index (χ4n) is 4.27. The van der Waals surface area contributed by atoms with Crippen LogP contribution in [0.2, 0.25) is 5.02 Å². The largest absolute Gasteiger partial charge is 0.350 e. The molecule has 0 aliphatic carbocycles. The fourth-order valence-corrected chi connectivity index (χ4v) is 4.40. The minimum atomic E-state index is -0.878. The first-order valence-corrected chi connectivity index (χ1v) is 12.0. The summed E-state index contributed by atoms with van der Waals surface area (Å²) in [6.45, 7) is 4.56. The molecular formula is C28H29ClN4O2. The molecule has 1 heterocycles. The number of urea groups is 1. The Morgan fingerprint density at radius 2 is 1.57 bits per heavy atom. The van der Waals surface area contributed by atoms with Crippen LogP contribution in [-0.4, -0.2) is 58.8 Å². The van der Waals surface area contributed by atoms with Crippen molar-refractivity contribution in [3.8, 4) is 11.8 Å². The highest BCUT2D eigenvalue weighted by atomic mass is 35.5. The highest BCUT2D eigenvalue weighted by molar-refractivity contribution is 6.30. The zero-order valence-corrected chi connectivity index (χ0v) is 20.2. The second-order valence-corrected chi connectivity index (χ2v) is 9.01. The smallest absolute Gasteiger partial charge is 0.338 e. The van der Waals surface area contributed by atoms with Crippen LogP contribution < -0.4 is 5.73 Å². The SMILES string of the molecule is NC(=O)N(O)Cc1ccc(C#CCN2CCN(C(c3ccccc3)c3ccc(Cl)cc3)CC2)cc1. The summed E-state index contributed by atoms with van der Waals surface area (Å²) in [4.78, 5) is 15.8. The van der Waals surface area contributed by atoms with E-state index in [0.717, 1.165) is 42.3 Å². The second-order valence-electron chi connectivity index (χ2n) is 8.57. The number of carbonyl (C=O) groups excluding carboxylic acids is 1. The summed E-state index contributed by atoms with van der Waals surface area (Å²) < 4.78 is 0. The lowest BCUT2D eigenvalue weighted by atomic mass is 9.96. The van der Waals surface area contributed by atoms with E-state index in [-0.39, 0.29) is 12.6 Å². The van der Waals surface area contributed by atoms with Gasteiger partial charge in [-0.15, -0.1) is 0 Å². The number of rotatable bonds is 6. The predicted molar refractivity (Wildman–Crippen MR) is 138 cm³/mol. The number of hydrogen-bond acceptors (Lipinski definition) is 4. The van der Waals surface area contributed by atoms with Crippen LogP contribution in [0, 0.1) is 11.8 Å². The van der Waals surface area contributed by atoms with Gasteiger partial charge in [0.25, 0.3) is 0 Å². The molecule has 2 amide bonds. The molecule has 0 saturated carbocycles. The molecule has 0 spiro atoms. The van der Waals surface area contributed by atoms with Gasteiger partial charge in [-0.05, 0) is 41.0 Å². The lowest BCUT2D eigenvalue weighted by molar-refractivity contribution is -0.0470. The van der Waals surface area contributed by atoms with E-state index >= 15 is 0 Å². The average Bonchev–Trinajstić information content (AvgIpc) is 2.88. The molecule has 35 heavy (non-hydrogen) atoms. The van der Waals surface area contributed by atoms with Gasteiger partial charge in [0.15, 0.2) is 0 Å². The van der Waals surface area contributed by atoms with Crippen molar-refractivity contribution in [3.05, 3.63) is 106 Å². The van der Waals surface area contributed by atoms with E-state index in [2.05, 4.69) is 64.1 Å². The third kappa shape index (κ3) is 6.84. The van der Waals surface area contributed by atoms with Gasteiger partial charge >= 0.3 is 6.03 Å². The molecule has 1 unspecified atom stereocenters. The van der Waals surface area contributed by atoms with Gasteiger partial charge in [-0.25, -0.2) is 9.86 Å². The molecule has 1 aliphatic rings. The van der Waals surface area contributed by atoms with Gasteiger partial charge in [0.05, 0.1) is 19.1 Å². The van der Waals surface area contributed by atoms with Gasteiger partial charge in [-0.2, -0.15) is 0 Å². The first-order valence-electron chi connectivity index (χ1n) is 11.6. The van der Waals surface area contributed by atoms with Crippen LogP contribution >= 0.6 is 11.6 Å². The molecule has 1 atom stereocenters. The van der Waals surface area contributed by atoms with Crippen LogP contribution in [0.3, 0.4) is 0 Å². The highest BCUT2D eigenvalue weighted by Gasteiger charge is 2.26. The second kappa shape index (κ2) is 11.9. The number of carbonyl (C=O) groups is 1. The maximum Gasteiger partial charge on any atom is 0.338 e. The minimum Gasteiger partial charge on any atom is -0.350 e. The van der Waals surface area contributed by atoms with Crippen LogP contribution in [0.25, 0.3) is 0 Å². The predicted octanol–water partition coefficient (Wildman–Crippen LogP) is 4.37. The normalized spacial score (nSPS) is 15.1. The summed E-state index contributed by atoms with van der Waals surface area (Å²) in [7, 11) is 0. The Bertz CT molecular complexity index is 1170. The molecule has 0 radical (unpaired) electrons. The van der Waals surface area contributed by atoms with Gasteiger partial charge in [0.1, 0.15) is 0 Å². The Morgan fingerprint density at radius 1 is 0.943 bits per heavy atom. The number of nitrogens with two attached hydrogens (primary N) is 1. The van der Waals surface area contributed by atoms with Gasteiger partial charge < -0.3 is 5.73 Å². The number of hydroxylamine groups is 2. The standard InChI is InChI=1S/C28H29ClN4O2/c29-26-14-12-25(13-15-26)27(24-6-2-1-3-7-24)32-19-17-31(18-20-32)16-4-5-22-8-10-23(11-9-22)21-33(35)28(30)34/h1-3,6-15,27,35H,16-21H2,(H2,30,34). The van der Waals surface area contributed by atoms with E-state index in [0.29, 0.717) is 11.6 Å². The molecule has 0 aromatic heterocycles. The minimum absolute atomic E-state index is 0.0489. The number of halogens is 1. The van der Waals surface area contributed by atoms with Crippen LogP contribution in [0.5, 0.6) is 0 Å². The third-order valence-electron chi connectivity index (χ3n) is 6.15.